The summed E-state index contributed by atoms with van der Waals surface area (Å²) < 4.78 is 9.81. The molecule has 0 saturated carbocycles. The van der Waals surface area contributed by atoms with Gasteiger partial charge < -0.3 is 9.47 Å². The van der Waals surface area contributed by atoms with Crippen molar-refractivity contribution in [3.8, 4) is 0 Å². The van der Waals surface area contributed by atoms with Crippen LogP contribution in [0, 0.1) is 10.1 Å². The first kappa shape index (κ1) is 17.4. The maximum atomic E-state index is 12.3. The van der Waals surface area contributed by atoms with Crippen LogP contribution in [0.1, 0.15) is 22.0 Å². The Hall–Kier alpha value is -2.93. The number of halogens is 1. The Bertz CT molecular complexity index is 777. The Morgan fingerprint density at radius 3 is 2.42 bits per heavy atom. The molecule has 0 bridgehead atoms. The number of carbonyl (C=O) groups excluding carboxylic acids is 2. The summed E-state index contributed by atoms with van der Waals surface area (Å²) in [6.07, 6.45) is -1.31. The minimum absolute atomic E-state index is 0.0257. The molecule has 8 heteroatoms. The van der Waals surface area contributed by atoms with E-state index in [4.69, 9.17) is 16.3 Å². The van der Waals surface area contributed by atoms with E-state index in [1.54, 1.807) is 30.3 Å². The molecular weight excluding hydrogens is 338 g/mol. The highest BCUT2D eigenvalue weighted by molar-refractivity contribution is 6.33. The number of benzene rings is 2. The fourth-order valence-electron chi connectivity index (χ4n) is 1.94. The quantitative estimate of drug-likeness (QED) is 0.466. The monoisotopic (exact) mass is 349 g/mol. The zero-order valence-electron chi connectivity index (χ0n) is 12.5. The fraction of sp³-hybridized carbons (Fsp3) is 0.125. The lowest BCUT2D eigenvalue weighted by atomic mass is 10.1. The molecule has 24 heavy (non-hydrogen) atoms. The molecule has 124 valence electrons. The second-order valence-corrected chi connectivity index (χ2v) is 5.05. The van der Waals surface area contributed by atoms with Crippen molar-refractivity contribution in [3.63, 3.8) is 0 Å². The molecule has 0 heterocycles. The Morgan fingerprint density at radius 2 is 1.83 bits per heavy atom. The van der Waals surface area contributed by atoms with Crippen LogP contribution in [0.2, 0.25) is 5.02 Å². The van der Waals surface area contributed by atoms with Gasteiger partial charge in [-0.2, -0.15) is 0 Å². The summed E-state index contributed by atoms with van der Waals surface area (Å²) in [5.74, 6) is -1.75. The van der Waals surface area contributed by atoms with E-state index in [9.17, 15) is 19.7 Å². The van der Waals surface area contributed by atoms with Crippen molar-refractivity contribution in [1.82, 2.24) is 0 Å². The number of nitrogens with zero attached hydrogens (tertiary/aromatic N) is 1. The SMILES string of the molecule is COC(=O)C(OC(=O)c1cc([N+](=O)[O-])ccc1Cl)c1ccccc1. The average molecular weight is 350 g/mol. The molecule has 0 aliphatic rings. The van der Waals surface area contributed by atoms with Crippen LogP contribution >= 0.6 is 11.6 Å². The number of ether oxygens (including phenoxy) is 2. The maximum absolute atomic E-state index is 12.3. The molecule has 0 aliphatic carbocycles. The molecule has 0 spiro atoms. The molecule has 0 aromatic heterocycles. The molecule has 2 aromatic rings. The lowest BCUT2D eigenvalue weighted by Crippen LogP contribution is -2.21. The van der Waals surface area contributed by atoms with E-state index in [0.717, 1.165) is 19.2 Å². The lowest BCUT2D eigenvalue weighted by Gasteiger charge is -2.16. The molecule has 2 rings (SSSR count). The predicted molar refractivity (Wildman–Crippen MR) is 84.7 cm³/mol. The number of non-ortho nitro benzene ring substituents is 1. The summed E-state index contributed by atoms with van der Waals surface area (Å²) >= 11 is 5.90. The van der Waals surface area contributed by atoms with Gasteiger partial charge in [-0.25, -0.2) is 9.59 Å². The number of methoxy groups -OCH3 is 1. The van der Waals surface area contributed by atoms with Gasteiger partial charge >= 0.3 is 11.9 Å². The number of carbonyl (C=O) groups is 2. The smallest absolute Gasteiger partial charge is 0.351 e. The molecular formula is C16H12ClNO6. The summed E-state index contributed by atoms with van der Waals surface area (Å²) in [5.41, 5.74) is -0.129. The molecule has 0 aliphatic heterocycles. The van der Waals surface area contributed by atoms with Crippen LogP contribution in [0.3, 0.4) is 0 Å². The molecule has 7 nitrogen and oxygen atoms in total. The lowest BCUT2D eigenvalue weighted by molar-refractivity contribution is -0.384. The van der Waals surface area contributed by atoms with Crippen LogP contribution in [0.5, 0.6) is 0 Å². The minimum atomic E-state index is -1.31. The van der Waals surface area contributed by atoms with Crippen molar-refractivity contribution in [2.75, 3.05) is 7.11 Å². The van der Waals surface area contributed by atoms with Crippen molar-refractivity contribution < 1.29 is 24.0 Å². The summed E-state index contributed by atoms with van der Waals surface area (Å²) in [6, 6.07) is 11.6. The molecule has 0 radical (unpaired) electrons. The van der Waals surface area contributed by atoms with Crippen LogP contribution < -0.4 is 0 Å². The Labute approximate surface area is 141 Å². The van der Waals surface area contributed by atoms with Crippen LogP contribution in [-0.2, 0) is 14.3 Å². The molecule has 0 N–H and O–H groups in total. The van der Waals surface area contributed by atoms with Crippen LogP contribution in [0.15, 0.2) is 48.5 Å². The standard InChI is InChI=1S/C16H12ClNO6/c1-23-16(20)14(10-5-3-2-4-6-10)24-15(19)12-9-11(18(21)22)7-8-13(12)17/h2-9,14H,1H3. The van der Waals surface area contributed by atoms with Gasteiger partial charge in [-0.1, -0.05) is 41.9 Å². The first-order valence-corrected chi connectivity index (χ1v) is 7.09. The Morgan fingerprint density at radius 1 is 1.17 bits per heavy atom. The minimum Gasteiger partial charge on any atom is -0.466 e. The van der Waals surface area contributed by atoms with E-state index in [0.29, 0.717) is 5.56 Å². The number of rotatable bonds is 5. The van der Waals surface area contributed by atoms with Gasteiger partial charge in [0.1, 0.15) is 0 Å². The van der Waals surface area contributed by atoms with Gasteiger partial charge in [0.05, 0.1) is 22.6 Å². The molecule has 1 unspecified atom stereocenters. The number of nitro benzene ring substituents is 1. The van der Waals surface area contributed by atoms with Crippen LogP contribution in [0.25, 0.3) is 0 Å². The number of nitro groups is 1. The number of hydrogen-bond donors (Lipinski definition) is 0. The number of hydrogen-bond acceptors (Lipinski definition) is 6. The van der Waals surface area contributed by atoms with Crippen molar-refractivity contribution in [3.05, 3.63) is 74.8 Å². The highest BCUT2D eigenvalue weighted by Gasteiger charge is 2.28. The highest BCUT2D eigenvalue weighted by atomic mass is 35.5. The number of esters is 2. The first-order valence-electron chi connectivity index (χ1n) is 6.71. The third kappa shape index (κ3) is 3.88. The van der Waals surface area contributed by atoms with Gasteiger partial charge in [0.15, 0.2) is 0 Å². The van der Waals surface area contributed by atoms with E-state index in [-0.39, 0.29) is 16.3 Å². The summed E-state index contributed by atoms with van der Waals surface area (Å²) in [5, 5.41) is 10.8. The van der Waals surface area contributed by atoms with Crippen LogP contribution in [0.4, 0.5) is 5.69 Å². The van der Waals surface area contributed by atoms with Crippen LogP contribution in [-0.4, -0.2) is 24.0 Å². The largest absolute Gasteiger partial charge is 0.466 e. The summed E-state index contributed by atoms with van der Waals surface area (Å²) in [4.78, 5) is 34.4. The second kappa shape index (κ2) is 7.56. The van der Waals surface area contributed by atoms with Crippen molar-refractivity contribution >= 4 is 29.2 Å². The molecule has 1 atom stereocenters. The zero-order chi connectivity index (χ0) is 17.7. The molecule has 0 saturated heterocycles. The zero-order valence-corrected chi connectivity index (χ0v) is 13.2. The summed E-state index contributed by atoms with van der Waals surface area (Å²) in [6.45, 7) is 0. The van der Waals surface area contributed by atoms with Gasteiger partial charge in [0.2, 0.25) is 6.10 Å². The van der Waals surface area contributed by atoms with Crippen molar-refractivity contribution in [2.45, 2.75) is 6.10 Å². The third-order valence-corrected chi connectivity index (χ3v) is 3.45. The summed E-state index contributed by atoms with van der Waals surface area (Å²) in [7, 11) is 1.16. The normalized spacial score (nSPS) is 11.4. The van der Waals surface area contributed by atoms with Crippen molar-refractivity contribution in [2.24, 2.45) is 0 Å². The van der Waals surface area contributed by atoms with E-state index in [1.165, 1.54) is 6.07 Å². The first-order chi connectivity index (χ1) is 11.4. The van der Waals surface area contributed by atoms with E-state index >= 15 is 0 Å². The van der Waals surface area contributed by atoms with Gasteiger partial charge in [-0.05, 0) is 6.07 Å². The Balaban J connectivity index is 2.33. The average Bonchev–Trinajstić information content (AvgIpc) is 2.59. The molecule has 2 aromatic carbocycles. The third-order valence-electron chi connectivity index (χ3n) is 3.12. The fourth-order valence-corrected chi connectivity index (χ4v) is 2.14. The van der Waals surface area contributed by atoms with E-state index < -0.39 is 23.0 Å². The van der Waals surface area contributed by atoms with E-state index in [1.807, 2.05) is 0 Å². The topological polar surface area (TPSA) is 95.7 Å². The van der Waals surface area contributed by atoms with Gasteiger partial charge in [0, 0.05) is 17.7 Å². The maximum Gasteiger partial charge on any atom is 0.351 e. The Kier molecular flexibility index (Phi) is 5.49. The molecule has 0 fully saturated rings. The molecule has 0 amide bonds. The van der Waals surface area contributed by atoms with Gasteiger partial charge in [-0.15, -0.1) is 0 Å². The van der Waals surface area contributed by atoms with E-state index in [2.05, 4.69) is 4.74 Å². The van der Waals surface area contributed by atoms with Gasteiger partial charge in [0.25, 0.3) is 5.69 Å². The predicted octanol–water partition coefficient (Wildman–Crippen LogP) is 3.32. The van der Waals surface area contributed by atoms with Gasteiger partial charge in [-0.3, -0.25) is 10.1 Å². The second-order valence-electron chi connectivity index (χ2n) is 4.64. The highest BCUT2D eigenvalue weighted by Crippen LogP contribution is 2.26. The van der Waals surface area contributed by atoms with Crippen molar-refractivity contribution in [1.29, 1.82) is 0 Å².